The molecule has 90 valence electrons. The van der Waals surface area contributed by atoms with Crippen LogP contribution in [0.1, 0.15) is 23.3 Å². The second kappa shape index (κ2) is 4.10. The standard InChI is InChI=1S/C10H15NO3S2/c1-7-6-15-9(5-12)10(7)16(13,14)11(2)8-3-4-8/h6,8,12H,3-5H2,1-2H3. The largest absolute Gasteiger partial charge is 0.391 e. The molecule has 0 bridgehead atoms. The first-order chi connectivity index (χ1) is 7.48. The van der Waals surface area contributed by atoms with Gasteiger partial charge in [-0.15, -0.1) is 11.3 Å². The van der Waals surface area contributed by atoms with Crippen molar-refractivity contribution in [3.63, 3.8) is 0 Å². The van der Waals surface area contributed by atoms with Gasteiger partial charge in [0, 0.05) is 13.1 Å². The predicted molar refractivity (Wildman–Crippen MR) is 62.9 cm³/mol. The van der Waals surface area contributed by atoms with Gasteiger partial charge in [0.05, 0.1) is 11.5 Å². The number of aliphatic hydroxyl groups is 1. The van der Waals surface area contributed by atoms with Gasteiger partial charge < -0.3 is 5.11 Å². The van der Waals surface area contributed by atoms with E-state index in [9.17, 15) is 8.42 Å². The Balaban J connectivity index is 2.45. The van der Waals surface area contributed by atoms with Crippen LogP contribution in [-0.2, 0) is 16.6 Å². The van der Waals surface area contributed by atoms with E-state index in [-0.39, 0.29) is 12.6 Å². The molecule has 0 spiro atoms. The fraction of sp³-hybridized carbons (Fsp3) is 0.600. The number of hydrogen-bond donors (Lipinski definition) is 1. The molecule has 0 atom stereocenters. The average Bonchev–Trinajstić information content (AvgIpc) is 3.00. The molecule has 0 unspecified atom stereocenters. The lowest BCUT2D eigenvalue weighted by Gasteiger charge is -2.17. The van der Waals surface area contributed by atoms with E-state index in [1.807, 2.05) is 0 Å². The minimum absolute atomic E-state index is 0.149. The smallest absolute Gasteiger partial charge is 0.244 e. The number of rotatable bonds is 4. The quantitative estimate of drug-likeness (QED) is 0.889. The molecule has 4 nitrogen and oxygen atoms in total. The third-order valence-electron chi connectivity index (χ3n) is 2.83. The van der Waals surface area contributed by atoms with Gasteiger partial charge in [-0.2, -0.15) is 4.31 Å². The van der Waals surface area contributed by atoms with Gasteiger partial charge in [0.2, 0.25) is 10.0 Å². The van der Waals surface area contributed by atoms with Crippen LogP contribution < -0.4 is 0 Å². The molecule has 6 heteroatoms. The van der Waals surface area contributed by atoms with Gasteiger partial charge in [0.25, 0.3) is 0 Å². The molecule has 1 aromatic heterocycles. The number of aryl methyl sites for hydroxylation is 1. The molecular formula is C10H15NO3S2. The van der Waals surface area contributed by atoms with Crippen molar-refractivity contribution in [2.45, 2.75) is 37.3 Å². The highest BCUT2D eigenvalue weighted by atomic mass is 32.2. The monoisotopic (exact) mass is 261 g/mol. The van der Waals surface area contributed by atoms with Gasteiger partial charge in [0.15, 0.2) is 0 Å². The van der Waals surface area contributed by atoms with Crippen LogP contribution in [0.2, 0.25) is 0 Å². The molecule has 1 N–H and O–H groups in total. The lowest BCUT2D eigenvalue weighted by atomic mass is 10.3. The maximum atomic E-state index is 12.3. The first-order valence-corrected chi connectivity index (χ1v) is 7.46. The van der Waals surface area contributed by atoms with Crippen LogP contribution >= 0.6 is 11.3 Å². The summed E-state index contributed by atoms with van der Waals surface area (Å²) in [4.78, 5) is 0.833. The fourth-order valence-electron chi connectivity index (χ4n) is 1.72. The van der Waals surface area contributed by atoms with Crippen LogP contribution in [0.5, 0.6) is 0 Å². The highest BCUT2D eigenvalue weighted by molar-refractivity contribution is 7.89. The van der Waals surface area contributed by atoms with Crippen LogP contribution in [0.3, 0.4) is 0 Å². The van der Waals surface area contributed by atoms with Gasteiger partial charge in [-0.1, -0.05) is 0 Å². The summed E-state index contributed by atoms with van der Waals surface area (Å²) in [5.41, 5.74) is 0.724. The van der Waals surface area contributed by atoms with E-state index >= 15 is 0 Å². The summed E-state index contributed by atoms with van der Waals surface area (Å²) in [5.74, 6) is 0. The Morgan fingerprint density at radius 2 is 2.19 bits per heavy atom. The fourth-order valence-corrected chi connectivity index (χ4v) is 4.74. The molecule has 1 fully saturated rings. The number of aliphatic hydroxyl groups excluding tert-OH is 1. The van der Waals surface area contributed by atoms with Gasteiger partial charge in [0.1, 0.15) is 4.90 Å². The average molecular weight is 261 g/mol. The Kier molecular flexibility index (Phi) is 3.09. The van der Waals surface area contributed by atoms with Crippen molar-refractivity contribution in [3.8, 4) is 0 Å². The normalized spacial score (nSPS) is 17.0. The number of sulfonamides is 1. The van der Waals surface area contributed by atoms with E-state index in [0.29, 0.717) is 9.77 Å². The van der Waals surface area contributed by atoms with Crippen LogP contribution in [-0.4, -0.2) is 30.9 Å². The predicted octanol–water partition coefficient (Wildman–Crippen LogP) is 1.33. The molecule has 1 saturated carbocycles. The third kappa shape index (κ3) is 1.90. The van der Waals surface area contributed by atoms with Gasteiger partial charge in [-0.3, -0.25) is 0 Å². The summed E-state index contributed by atoms with van der Waals surface area (Å²) in [6.07, 6.45) is 1.88. The third-order valence-corrected chi connectivity index (χ3v) is 6.19. The molecule has 16 heavy (non-hydrogen) atoms. The summed E-state index contributed by atoms with van der Waals surface area (Å²) in [7, 11) is -1.81. The highest BCUT2D eigenvalue weighted by Gasteiger charge is 2.37. The molecule has 1 aliphatic rings. The van der Waals surface area contributed by atoms with Crippen LogP contribution in [0.25, 0.3) is 0 Å². The van der Waals surface area contributed by atoms with Crippen molar-refractivity contribution >= 4 is 21.4 Å². The Hall–Kier alpha value is -0.430. The Labute approximate surface area is 99.6 Å². The topological polar surface area (TPSA) is 57.6 Å². The second-order valence-corrected chi connectivity index (χ2v) is 6.98. The van der Waals surface area contributed by atoms with Crippen LogP contribution in [0.4, 0.5) is 0 Å². The van der Waals surface area contributed by atoms with E-state index in [1.54, 1.807) is 19.4 Å². The summed E-state index contributed by atoms with van der Waals surface area (Å²) in [5, 5.41) is 10.9. The molecule has 2 rings (SSSR count). The zero-order valence-electron chi connectivity index (χ0n) is 9.30. The molecule has 1 aliphatic carbocycles. The highest BCUT2D eigenvalue weighted by Crippen LogP contribution is 2.34. The van der Waals surface area contributed by atoms with E-state index in [4.69, 9.17) is 5.11 Å². The molecule has 0 saturated heterocycles. The van der Waals surface area contributed by atoms with Crippen molar-refractivity contribution in [1.29, 1.82) is 0 Å². The lowest BCUT2D eigenvalue weighted by Crippen LogP contribution is -2.29. The lowest BCUT2D eigenvalue weighted by molar-refractivity contribution is 0.282. The van der Waals surface area contributed by atoms with E-state index in [1.165, 1.54) is 15.6 Å². The van der Waals surface area contributed by atoms with Crippen LogP contribution in [0, 0.1) is 6.92 Å². The number of thiophene rings is 1. The Morgan fingerprint density at radius 1 is 1.56 bits per heavy atom. The first-order valence-electron chi connectivity index (χ1n) is 5.14. The van der Waals surface area contributed by atoms with Crippen molar-refractivity contribution in [3.05, 3.63) is 15.8 Å². The number of nitrogens with zero attached hydrogens (tertiary/aromatic N) is 1. The van der Waals surface area contributed by atoms with Crippen molar-refractivity contribution in [2.24, 2.45) is 0 Å². The van der Waals surface area contributed by atoms with E-state index in [0.717, 1.165) is 18.4 Å². The first kappa shape index (κ1) is 12.0. The minimum atomic E-state index is -3.42. The van der Waals surface area contributed by atoms with Crippen molar-refractivity contribution in [1.82, 2.24) is 4.31 Å². The van der Waals surface area contributed by atoms with Gasteiger partial charge in [-0.25, -0.2) is 8.42 Å². The van der Waals surface area contributed by atoms with E-state index < -0.39 is 10.0 Å². The molecule has 0 amide bonds. The molecule has 1 aromatic rings. The van der Waals surface area contributed by atoms with E-state index in [2.05, 4.69) is 0 Å². The zero-order chi connectivity index (χ0) is 11.9. The molecule has 0 aliphatic heterocycles. The molecular weight excluding hydrogens is 246 g/mol. The van der Waals surface area contributed by atoms with Crippen molar-refractivity contribution in [2.75, 3.05) is 7.05 Å². The van der Waals surface area contributed by atoms with Crippen molar-refractivity contribution < 1.29 is 13.5 Å². The summed E-state index contributed by atoms with van der Waals surface area (Å²) in [6, 6.07) is 0.149. The van der Waals surface area contributed by atoms with Crippen LogP contribution in [0.15, 0.2) is 10.3 Å². The van der Waals surface area contributed by atoms with Gasteiger partial charge in [-0.05, 0) is 30.7 Å². The zero-order valence-corrected chi connectivity index (χ0v) is 10.9. The molecule has 0 radical (unpaired) electrons. The van der Waals surface area contributed by atoms with Gasteiger partial charge >= 0.3 is 0 Å². The molecule has 1 heterocycles. The summed E-state index contributed by atoms with van der Waals surface area (Å²) >= 11 is 1.30. The number of hydrogen-bond acceptors (Lipinski definition) is 4. The molecule has 0 aromatic carbocycles. The Morgan fingerprint density at radius 3 is 2.69 bits per heavy atom. The summed E-state index contributed by atoms with van der Waals surface area (Å²) in [6.45, 7) is 1.55. The SMILES string of the molecule is Cc1csc(CO)c1S(=O)(=O)N(C)C1CC1. The minimum Gasteiger partial charge on any atom is -0.391 e. The second-order valence-electron chi connectivity index (χ2n) is 4.08. The maximum absolute atomic E-state index is 12.3. The Bertz CT molecular complexity index is 488. The summed E-state index contributed by atoms with van der Waals surface area (Å²) < 4.78 is 26.0. The maximum Gasteiger partial charge on any atom is 0.244 e.